The van der Waals surface area contributed by atoms with E-state index in [2.05, 4.69) is 11.1 Å². The zero-order chi connectivity index (χ0) is 19.7. The Balaban J connectivity index is 1.98. The molecule has 4 rings (SSSR count). The summed E-state index contributed by atoms with van der Waals surface area (Å²) in [5.74, 6) is -0.0653. The predicted octanol–water partition coefficient (Wildman–Crippen LogP) is 3.97. The lowest BCUT2D eigenvalue weighted by atomic mass is 9.96. The number of hydrogen-bond acceptors (Lipinski definition) is 6. The maximum Gasteiger partial charge on any atom is 0.254 e. The molecule has 1 aliphatic rings. The van der Waals surface area contributed by atoms with Gasteiger partial charge in [0, 0.05) is 10.3 Å². The topological polar surface area (TPSA) is 102 Å². The van der Waals surface area contributed by atoms with Gasteiger partial charge in [-0.2, -0.15) is 5.26 Å². The summed E-state index contributed by atoms with van der Waals surface area (Å²) >= 11 is 1.49. The molecule has 0 spiro atoms. The highest BCUT2D eigenvalue weighted by molar-refractivity contribution is 7.16. The third-order valence-corrected chi connectivity index (χ3v) is 5.96. The average molecular weight is 393 g/mol. The van der Waals surface area contributed by atoms with Crippen LogP contribution in [-0.2, 0) is 12.8 Å². The summed E-state index contributed by atoms with van der Waals surface area (Å²) in [7, 11) is 0. The number of hydrogen-bond donors (Lipinski definition) is 1. The molecule has 1 amide bonds. The van der Waals surface area contributed by atoms with Crippen molar-refractivity contribution in [3.05, 3.63) is 51.4 Å². The number of nitriles is 1. The zero-order valence-corrected chi connectivity index (χ0v) is 16.3. The first-order valence-corrected chi connectivity index (χ1v) is 10.0. The Kier molecular flexibility index (Phi) is 4.88. The van der Waals surface area contributed by atoms with Gasteiger partial charge in [-0.1, -0.05) is 12.1 Å². The number of fused-ring (bicyclic) bond motifs is 2. The summed E-state index contributed by atoms with van der Waals surface area (Å²) in [6, 6.07) is 9.38. The second-order valence-electron chi connectivity index (χ2n) is 6.55. The Labute approximate surface area is 165 Å². The number of primary amides is 1. The van der Waals surface area contributed by atoms with Crippen molar-refractivity contribution in [3.63, 3.8) is 0 Å². The Hall–Kier alpha value is -3.11. The van der Waals surface area contributed by atoms with Crippen LogP contribution in [0, 0.1) is 11.3 Å². The molecule has 0 aliphatic heterocycles. The van der Waals surface area contributed by atoms with E-state index in [1.165, 1.54) is 16.2 Å². The summed E-state index contributed by atoms with van der Waals surface area (Å²) in [4.78, 5) is 17.8. The fourth-order valence-electron chi connectivity index (χ4n) is 3.49. The minimum absolute atomic E-state index is 0.0993. The van der Waals surface area contributed by atoms with Crippen LogP contribution < -0.4 is 16.0 Å². The first-order chi connectivity index (χ1) is 13.6. The molecule has 6 nitrogen and oxygen atoms in total. The highest BCUT2D eigenvalue weighted by Crippen LogP contribution is 2.39. The van der Waals surface area contributed by atoms with Gasteiger partial charge in [0.2, 0.25) is 5.55 Å². The van der Waals surface area contributed by atoms with Crippen LogP contribution in [0.2, 0.25) is 0 Å². The number of nitrogens with two attached hydrogens (primary N) is 1. The second kappa shape index (κ2) is 7.49. The van der Waals surface area contributed by atoms with Gasteiger partial charge in [0.25, 0.3) is 5.91 Å². The van der Waals surface area contributed by atoms with Crippen molar-refractivity contribution in [3.8, 4) is 11.8 Å². The average Bonchev–Trinajstić information content (AvgIpc) is 3.05. The summed E-state index contributed by atoms with van der Waals surface area (Å²) in [6.07, 6.45) is 4.03. The lowest BCUT2D eigenvalue weighted by Crippen LogP contribution is -2.21. The van der Waals surface area contributed by atoms with E-state index in [4.69, 9.17) is 14.9 Å². The first kappa shape index (κ1) is 18.3. The molecule has 0 bridgehead atoms. The molecule has 7 heteroatoms. The van der Waals surface area contributed by atoms with E-state index < -0.39 is 5.91 Å². The van der Waals surface area contributed by atoms with Gasteiger partial charge in [0.1, 0.15) is 16.6 Å². The number of carbonyl (C=O) groups excluding carboxylic acids is 1. The van der Waals surface area contributed by atoms with Crippen LogP contribution in [0.4, 0.5) is 5.00 Å². The van der Waals surface area contributed by atoms with E-state index in [-0.39, 0.29) is 11.1 Å². The molecule has 1 aromatic carbocycles. The van der Waals surface area contributed by atoms with Gasteiger partial charge in [-0.25, -0.2) is 4.99 Å². The van der Waals surface area contributed by atoms with Crippen LogP contribution >= 0.6 is 11.3 Å². The molecule has 0 unspecified atom stereocenters. The smallest absolute Gasteiger partial charge is 0.254 e. The molecule has 28 heavy (non-hydrogen) atoms. The predicted molar refractivity (Wildman–Crippen MR) is 107 cm³/mol. The summed E-state index contributed by atoms with van der Waals surface area (Å²) in [5, 5.41) is 10.9. The highest BCUT2D eigenvalue weighted by atomic mass is 32.1. The van der Waals surface area contributed by atoms with E-state index in [9.17, 15) is 10.1 Å². The normalized spacial score (nSPS) is 13.9. The van der Waals surface area contributed by atoms with Crippen molar-refractivity contribution < 1.29 is 13.9 Å². The fourth-order valence-corrected chi connectivity index (χ4v) is 4.70. The Bertz CT molecular complexity index is 1180. The van der Waals surface area contributed by atoms with Crippen LogP contribution in [0.3, 0.4) is 0 Å². The SMILES string of the molecule is CCOc1cccc2cc(C(N)=O)c(=Nc3sc4c(c3C#N)CCCC4)oc12. The van der Waals surface area contributed by atoms with E-state index in [0.717, 1.165) is 31.2 Å². The Morgan fingerprint density at radius 1 is 1.39 bits per heavy atom. The van der Waals surface area contributed by atoms with Gasteiger partial charge in [-0.15, -0.1) is 11.3 Å². The van der Waals surface area contributed by atoms with Crippen molar-refractivity contribution in [2.45, 2.75) is 32.6 Å². The molecular weight excluding hydrogens is 374 g/mol. The summed E-state index contributed by atoms with van der Waals surface area (Å²) < 4.78 is 11.6. The number of aryl methyl sites for hydroxylation is 1. The van der Waals surface area contributed by atoms with Gasteiger partial charge in [-0.3, -0.25) is 4.79 Å². The third-order valence-electron chi connectivity index (χ3n) is 4.77. The lowest BCUT2D eigenvalue weighted by molar-refractivity contribution is 0.0996. The molecule has 3 aromatic rings. The van der Waals surface area contributed by atoms with E-state index in [1.54, 1.807) is 12.1 Å². The summed E-state index contributed by atoms with van der Waals surface area (Å²) in [5.41, 5.74) is 7.99. The number of carbonyl (C=O) groups is 1. The maximum absolute atomic E-state index is 12.0. The van der Waals surface area contributed by atoms with Crippen LogP contribution in [0.25, 0.3) is 11.0 Å². The highest BCUT2D eigenvalue weighted by Gasteiger charge is 2.21. The molecule has 2 aromatic heterocycles. The number of ether oxygens (including phenoxy) is 1. The number of para-hydroxylation sites is 1. The van der Waals surface area contributed by atoms with Gasteiger partial charge in [0.05, 0.1) is 12.2 Å². The molecule has 2 heterocycles. The third kappa shape index (κ3) is 3.16. The number of rotatable bonds is 4. The minimum atomic E-state index is -0.633. The molecular formula is C21H19N3O3S. The molecule has 1 aliphatic carbocycles. The van der Waals surface area contributed by atoms with Crippen molar-refractivity contribution in [1.29, 1.82) is 5.26 Å². The molecule has 142 valence electrons. The fraction of sp³-hybridized carbons (Fsp3) is 0.286. The standard InChI is InChI=1S/C21H19N3O3S/c1-2-26-16-8-5-6-12-10-14(19(23)25)20(27-18(12)16)24-21-15(11-22)13-7-3-4-9-17(13)28-21/h5-6,8,10H,2-4,7,9H2,1H3,(H2,23,25). The minimum Gasteiger partial charge on any atom is -0.490 e. The summed E-state index contributed by atoms with van der Waals surface area (Å²) in [6.45, 7) is 2.37. The largest absolute Gasteiger partial charge is 0.490 e. The quantitative estimate of drug-likeness (QED) is 0.724. The van der Waals surface area contributed by atoms with Crippen molar-refractivity contribution in [2.75, 3.05) is 6.61 Å². The van der Waals surface area contributed by atoms with E-state index >= 15 is 0 Å². The van der Waals surface area contributed by atoms with E-state index in [0.29, 0.717) is 33.9 Å². The lowest BCUT2D eigenvalue weighted by Gasteiger charge is -2.09. The second-order valence-corrected chi connectivity index (χ2v) is 7.64. The van der Waals surface area contributed by atoms with Gasteiger partial charge in [-0.05, 0) is 50.3 Å². The molecule has 0 saturated heterocycles. The number of benzene rings is 1. The monoisotopic (exact) mass is 393 g/mol. The van der Waals surface area contributed by atoms with Crippen LogP contribution in [0.15, 0.2) is 33.7 Å². The molecule has 0 atom stereocenters. The number of thiophene rings is 1. The number of amides is 1. The van der Waals surface area contributed by atoms with Gasteiger partial charge < -0.3 is 14.9 Å². The van der Waals surface area contributed by atoms with E-state index in [1.807, 2.05) is 19.1 Å². The number of nitrogens with zero attached hydrogens (tertiary/aromatic N) is 2. The molecule has 0 saturated carbocycles. The molecule has 0 radical (unpaired) electrons. The van der Waals surface area contributed by atoms with Crippen molar-refractivity contribution in [1.82, 2.24) is 0 Å². The van der Waals surface area contributed by atoms with Gasteiger partial charge in [0.15, 0.2) is 11.3 Å². The van der Waals surface area contributed by atoms with Crippen molar-refractivity contribution in [2.24, 2.45) is 10.7 Å². The van der Waals surface area contributed by atoms with Crippen molar-refractivity contribution >= 4 is 33.2 Å². The molecule has 2 N–H and O–H groups in total. The van der Waals surface area contributed by atoms with Crippen LogP contribution in [-0.4, -0.2) is 12.5 Å². The van der Waals surface area contributed by atoms with Crippen LogP contribution in [0.5, 0.6) is 5.75 Å². The van der Waals surface area contributed by atoms with Crippen LogP contribution in [0.1, 0.15) is 46.1 Å². The Morgan fingerprint density at radius 3 is 2.96 bits per heavy atom. The Morgan fingerprint density at radius 2 is 2.21 bits per heavy atom. The zero-order valence-electron chi connectivity index (χ0n) is 15.4. The first-order valence-electron chi connectivity index (χ1n) is 9.21. The molecule has 0 fully saturated rings. The maximum atomic E-state index is 12.0. The van der Waals surface area contributed by atoms with Gasteiger partial charge >= 0.3 is 0 Å².